The van der Waals surface area contributed by atoms with Crippen LogP contribution in [0.25, 0.3) is 0 Å². The molecule has 0 aromatic rings. The number of ether oxygens (including phenoxy) is 1. The monoisotopic (exact) mass is 340 g/mol. The predicted octanol–water partition coefficient (Wildman–Crippen LogP) is 4.18. The van der Waals surface area contributed by atoms with Gasteiger partial charge in [0.05, 0.1) is 12.1 Å². The summed E-state index contributed by atoms with van der Waals surface area (Å²) in [5.74, 6) is 0.179. The SMILES string of the molecule is CCCCCCCCCCCCCCC(=O)N[C@H]1CNC[C@@H]1OC. The number of carbonyl (C=O) groups excluding carboxylic acids is 1. The number of carbonyl (C=O) groups is 1. The summed E-state index contributed by atoms with van der Waals surface area (Å²) in [6.45, 7) is 3.93. The Kier molecular flexibility index (Phi) is 13.1. The number of amides is 1. The van der Waals surface area contributed by atoms with Crippen molar-refractivity contribution in [2.24, 2.45) is 0 Å². The summed E-state index contributed by atoms with van der Waals surface area (Å²) in [7, 11) is 1.71. The fourth-order valence-corrected chi connectivity index (χ4v) is 3.45. The fraction of sp³-hybridized carbons (Fsp3) is 0.950. The zero-order chi connectivity index (χ0) is 17.5. The highest BCUT2D eigenvalue weighted by atomic mass is 16.5. The van der Waals surface area contributed by atoms with Gasteiger partial charge in [0.1, 0.15) is 0 Å². The van der Waals surface area contributed by atoms with Crippen LogP contribution in [-0.4, -0.2) is 38.3 Å². The Morgan fingerprint density at radius 3 is 2.00 bits per heavy atom. The fourth-order valence-electron chi connectivity index (χ4n) is 3.45. The van der Waals surface area contributed by atoms with Crippen LogP contribution in [0.2, 0.25) is 0 Å². The minimum absolute atomic E-state index is 0.121. The van der Waals surface area contributed by atoms with Crippen molar-refractivity contribution in [2.75, 3.05) is 20.2 Å². The summed E-state index contributed by atoms with van der Waals surface area (Å²) in [5, 5.41) is 6.35. The lowest BCUT2D eigenvalue weighted by Gasteiger charge is -2.18. The summed E-state index contributed by atoms with van der Waals surface area (Å²) < 4.78 is 5.36. The first-order valence-corrected chi connectivity index (χ1v) is 10.3. The van der Waals surface area contributed by atoms with Gasteiger partial charge in [-0.05, 0) is 6.42 Å². The van der Waals surface area contributed by atoms with E-state index in [-0.39, 0.29) is 18.1 Å². The summed E-state index contributed by atoms with van der Waals surface area (Å²) in [4.78, 5) is 11.9. The first-order valence-electron chi connectivity index (χ1n) is 10.3. The van der Waals surface area contributed by atoms with E-state index >= 15 is 0 Å². The smallest absolute Gasteiger partial charge is 0.220 e. The molecule has 1 aliphatic rings. The molecule has 142 valence electrons. The summed E-state index contributed by atoms with van der Waals surface area (Å²) in [6.07, 6.45) is 16.7. The van der Waals surface area contributed by atoms with Gasteiger partial charge in [-0.25, -0.2) is 0 Å². The van der Waals surface area contributed by atoms with Crippen LogP contribution in [0.15, 0.2) is 0 Å². The van der Waals surface area contributed by atoms with Gasteiger partial charge < -0.3 is 15.4 Å². The van der Waals surface area contributed by atoms with Crippen molar-refractivity contribution in [1.82, 2.24) is 10.6 Å². The van der Waals surface area contributed by atoms with Crippen LogP contribution >= 0.6 is 0 Å². The van der Waals surface area contributed by atoms with Crippen molar-refractivity contribution in [3.63, 3.8) is 0 Å². The van der Waals surface area contributed by atoms with E-state index in [1.165, 1.54) is 70.6 Å². The molecule has 0 radical (unpaired) electrons. The van der Waals surface area contributed by atoms with Crippen molar-refractivity contribution in [3.8, 4) is 0 Å². The molecule has 1 amide bonds. The number of nitrogens with one attached hydrogen (secondary N) is 2. The van der Waals surface area contributed by atoms with Crippen LogP contribution in [0.5, 0.6) is 0 Å². The molecule has 24 heavy (non-hydrogen) atoms. The largest absolute Gasteiger partial charge is 0.378 e. The van der Waals surface area contributed by atoms with E-state index in [0.717, 1.165) is 19.5 Å². The molecule has 1 fully saturated rings. The van der Waals surface area contributed by atoms with E-state index < -0.39 is 0 Å². The highest BCUT2D eigenvalue weighted by Gasteiger charge is 2.27. The molecule has 2 atom stereocenters. The minimum Gasteiger partial charge on any atom is -0.378 e. The first kappa shape index (κ1) is 21.4. The second-order valence-corrected chi connectivity index (χ2v) is 7.25. The van der Waals surface area contributed by atoms with Crippen LogP contribution in [0.3, 0.4) is 0 Å². The molecule has 2 N–H and O–H groups in total. The molecule has 0 aliphatic carbocycles. The van der Waals surface area contributed by atoms with Crippen molar-refractivity contribution in [3.05, 3.63) is 0 Å². The lowest BCUT2D eigenvalue weighted by molar-refractivity contribution is -0.122. The molecule has 1 saturated heterocycles. The zero-order valence-corrected chi connectivity index (χ0v) is 16.1. The van der Waals surface area contributed by atoms with E-state index in [1.54, 1.807) is 7.11 Å². The standard InChI is InChI=1S/C20H40N2O2/c1-3-4-5-6-7-8-9-10-11-12-13-14-15-20(23)22-18-16-21-17-19(18)24-2/h18-19,21H,3-17H2,1-2H3,(H,22,23)/t18-,19-/m0/s1. The van der Waals surface area contributed by atoms with Gasteiger partial charge in [0.15, 0.2) is 0 Å². The van der Waals surface area contributed by atoms with Crippen LogP contribution in [0.4, 0.5) is 0 Å². The third-order valence-corrected chi connectivity index (χ3v) is 5.07. The molecule has 0 bridgehead atoms. The van der Waals surface area contributed by atoms with Crippen molar-refractivity contribution in [1.29, 1.82) is 0 Å². The number of rotatable bonds is 15. The van der Waals surface area contributed by atoms with E-state index in [0.29, 0.717) is 6.42 Å². The second-order valence-electron chi connectivity index (χ2n) is 7.25. The molecule has 0 spiro atoms. The average Bonchev–Trinajstić information content (AvgIpc) is 3.03. The number of methoxy groups -OCH3 is 1. The minimum atomic E-state index is 0.121. The Balaban J connectivity index is 1.84. The maximum atomic E-state index is 11.9. The molecular formula is C20H40N2O2. The highest BCUT2D eigenvalue weighted by molar-refractivity contribution is 5.76. The molecular weight excluding hydrogens is 300 g/mol. The molecule has 4 heteroatoms. The van der Waals surface area contributed by atoms with Crippen molar-refractivity contribution < 1.29 is 9.53 Å². The first-order chi connectivity index (χ1) is 11.8. The van der Waals surface area contributed by atoms with Crippen LogP contribution in [-0.2, 0) is 9.53 Å². The topological polar surface area (TPSA) is 50.4 Å². The number of hydrogen-bond donors (Lipinski definition) is 2. The van der Waals surface area contributed by atoms with Crippen molar-refractivity contribution >= 4 is 5.91 Å². The van der Waals surface area contributed by atoms with Gasteiger partial charge >= 0.3 is 0 Å². The van der Waals surface area contributed by atoms with E-state index in [2.05, 4.69) is 17.6 Å². The maximum absolute atomic E-state index is 11.9. The van der Waals surface area contributed by atoms with Gasteiger partial charge in [-0.3, -0.25) is 4.79 Å². The Hall–Kier alpha value is -0.610. The Morgan fingerprint density at radius 2 is 1.46 bits per heavy atom. The van der Waals surface area contributed by atoms with E-state index in [9.17, 15) is 4.79 Å². The quantitative estimate of drug-likeness (QED) is 0.440. The maximum Gasteiger partial charge on any atom is 0.220 e. The van der Waals surface area contributed by atoms with Crippen LogP contribution < -0.4 is 10.6 Å². The van der Waals surface area contributed by atoms with Crippen LogP contribution in [0, 0.1) is 0 Å². The average molecular weight is 341 g/mol. The van der Waals surface area contributed by atoms with Gasteiger partial charge in [0.25, 0.3) is 0 Å². The second kappa shape index (κ2) is 14.7. The summed E-state index contributed by atoms with van der Waals surface area (Å²) in [5.41, 5.74) is 0. The van der Waals surface area contributed by atoms with Gasteiger partial charge in [0, 0.05) is 26.6 Å². The van der Waals surface area contributed by atoms with Crippen molar-refractivity contribution in [2.45, 2.75) is 103 Å². The molecule has 0 aromatic carbocycles. The molecule has 1 aliphatic heterocycles. The summed E-state index contributed by atoms with van der Waals surface area (Å²) in [6, 6.07) is 0.139. The molecule has 1 heterocycles. The third-order valence-electron chi connectivity index (χ3n) is 5.07. The van der Waals surface area contributed by atoms with Gasteiger partial charge in [-0.2, -0.15) is 0 Å². The zero-order valence-electron chi connectivity index (χ0n) is 16.1. The predicted molar refractivity (Wildman–Crippen MR) is 101 cm³/mol. The van der Waals surface area contributed by atoms with Gasteiger partial charge in [-0.15, -0.1) is 0 Å². The molecule has 0 saturated carbocycles. The lowest BCUT2D eigenvalue weighted by atomic mass is 10.0. The Labute approximate surface area is 149 Å². The van der Waals surface area contributed by atoms with E-state index in [1.807, 2.05) is 0 Å². The third kappa shape index (κ3) is 10.3. The molecule has 4 nitrogen and oxygen atoms in total. The van der Waals surface area contributed by atoms with Gasteiger partial charge in [0.2, 0.25) is 5.91 Å². The molecule has 0 unspecified atom stereocenters. The number of unbranched alkanes of at least 4 members (excludes halogenated alkanes) is 11. The number of hydrogen-bond acceptors (Lipinski definition) is 3. The highest BCUT2D eigenvalue weighted by Crippen LogP contribution is 2.12. The Bertz CT molecular complexity index is 310. The normalized spacial score (nSPS) is 20.4. The Morgan fingerprint density at radius 1 is 0.917 bits per heavy atom. The summed E-state index contributed by atoms with van der Waals surface area (Å²) >= 11 is 0. The van der Waals surface area contributed by atoms with E-state index in [4.69, 9.17) is 4.74 Å². The molecule has 1 rings (SSSR count). The van der Waals surface area contributed by atoms with Crippen LogP contribution in [0.1, 0.15) is 90.4 Å². The molecule has 0 aromatic heterocycles. The van der Waals surface area contributed by atoms with Gasteiger partial charge in [-0.1, -0.05) is 77.6 Å². The lowest BCUT2D eigenvalue weighted by Crippen LogP contribution is -2.43.